The van der Waals surface area contributed by atoms with Crippen LogP contribution in [0.15, 0.2) is 0 Å². The Kier molecular flexibility index (Phi) is 2.65. The summed E-state index contributed by atoms with van der Waals surface area (Å²) in [5.41, 5.74) is 5.59. The van der Waals surface area contributed by atoms with Crippen LogP contribution in [0.25, 0.3) is 0 Å². The van der Waals surface area contributed by atoms with Gasteiger partial charge in [0.25, 0.3) is 0 Å². The highest BCUT2D eigenvalue weighted by molar-refractivity contribution is 5.69. The zero-order chi connectivity index (χ0) is 12.0. The molecule has 16 heavy (non-hydrogen) atoms. The smallest absolute Gasteiger partial charge is 0.410 e. The Morgan fingerprint density at radius 2 is 2.25 bits per heavy atom. The Balaban J connectivity index is 2.01. The van der Waals surface area contributed by atoms with Crippen molar-refractivity contribution in [2.75, 3.05) is 13.1 Å². The minimum absolute atomic E-state index is 0.174. The van der Waals surface area contributed by atoms with Crippen molar-refractivity contribution in [3.63, 3.8) is 0 Å². The van der Waals surface area contributed by atoms with Crippen LogP contribution in [0.5, 0.6) is 0 Å². The van der Waals surface area contributed by atoms with E-state index in [4.69, 9.17) is 10.5 Å². The Hall–Kier alpha value is -0.770. The predicted octanol–water partition coefficient (Wildman–Crippen LogP) is 1.73. The summed E-state index contributed by atoms with van der Waals surface area (Å²) < 4.78 is 5.41. The normalized spacial score (nSPS) is 33.2. The van der Waals surface area contributed by atoms with Gasteiger partial charge in [-0.1, -0.05) is 0 Å². The number of amides is 1. The second-order valence-corrected chi connectivity index (χ2v) is 6.21. The zero-order valence-corrected chi connectivity index (χ0v) is 10.5. The van der Waals surface area contributed by atoms with E-state index in [1.54, 1.807) is 0 Å². The van der Waals surface area contributed by atoms with Gasteiger partial charge in [-0.05, 0) is 46.6 Å². The number of carbonyl (C=O) groups excluding carboxylic acids is 1. The highest BCUT2D eigenvalue weighted by Crippen LogP contribution is 2.47. The van der Waals surface area contributed by atoms with E-state index in [2.05, 4.69) is 0 Å². The molecule has 0 aromatic rings. The summed E-state index contributed by atoms with van der Waals surface area (Å²) in [4.78, 5) is 13.8. The van der Waals surface area contributed by atoms with Crippen LogP contribution < -0.4 is 5.73 Å². The first kappa shape index (κ1) is 11.7. The monoisotopic (exact) mass is 226 g/mol. The minimum Gasteiger partial charge on any atom is -0.444 e. The van der Waals surface area contributed by atoms with Gasteiger partial charge in [-0.2, -0.15) is 0 Å². The van der Waals surface area contributed by atoms with E-state index >= 15 is 0 Å². The lowest BCUT2D eigenvalue weighted by atomic mass is 9.88. The van der Waals surface area contributed by atoms with Crippen LogP contribution in [0.4, 0.5) is 4.79 Å². The van der Waals surface area contributed by atoms with Gasteiger partial charge >= 0.3 is 6.09 Å². The topological polar surface area (TPSA) is 55.6 Å². The molecule has 2 bridgehead atoms. The number of nitrogens with zero attached hydrogens (tertiary/aromatic N) is 1. The molecule has 1 heterocycles. The van der Waals surface area contributed by atoms with Gasteiger partial charge in [0.2, 0.25) is 0 Å². The SMILES string of the molecule is CC(C)(C)OC(=O)N1CC2(CN)CCC1C2. The van der Waals surface area contributed by atoms with Crippen LogP contribution in [0.3, 0.4) is 0 Å². The summed E-state index contributed by atoms with van der Waals surface area (Å²) in [6.45, 7) is 7.17. The molecule has 1 saturated carbocycles. The number of hydrogen-bond donors (Lipinski definition) is 1. The van der Waals surface area contributed by atoms with E-state index in [1.807, 2.05) is 25.7 Å². The zero-order valence-electron chi connectivity index (χ0n) is 10.5. The second-order valence-electron chi connectivity index (χ2n) is 6.21. The van der Waals surface area contributed by atoms with Gasteiger partial charge in [0.15, 0.2) is 0 Å². The highest BCUT2D eigenvalue weighted by atomic mass is 16.6. The number of nitrogens with two attached hydrogens (primary N) is 1. The van der Waals surface area contributed by atoms with Gasteiger partial charge in [0.05, 0.1) is 0 Å². The molecule has 2 N–H and O–H groups in total. The van der Waals surface area contributed by atoms with Crippen molar-refractivity contribution >= 4 is 6.09 Å². The predicted molar refractivity (Wildman–Crippen MR) is 62.1 cm³/mol. The number of ether oxygens (including phenoxy) is 1. The van der Waals surface area contributed by atoms with Gasteiger partial charge < -0.3 is 15.4 Å². The first-order chi connectivity index (χ1) is 7.35. The van der Waals surface area contributed by atoms with Crippen molar-refractivity contribution in [3.8, 4) is 0 Å². The second kappa shape index (κ2) is 3.62. The number of hydrogen-bond acceptors (Lipinski definition) is 3. The van der Waals surface area contributed by atoms with Gasteiger partial charge in [-0.25, -0.2) is 4.79 Å². The van der Waals surface area contributed by atoms with Crippen LogP contribution in [-0.2, 0) is 4.74 Å². The minimum atomic E-state index is -0.408. The summed E-state index contributed by atoms with van der Waals surface area (Å²) >= 11 is 0. The third-order valence-electron chi connectivity index (χ3n) is 3.68. The van der Waals surface area contributed by atoms with Crippen molar-refractivity contribution in [1.82, 2.24) is 4.90 Å². The Morgan fingerprint density at radius 3 is 2.75 bits per heavy atom. The van der Waals surface area contributed by atoms with Crippen LogP contribution >= 0.6 is 0 Å². The van der Waals surface area contributed by atoms with Gasteiger partial charge in [-0.15, -0.1) is 0 Å². The highest BCUT2D eigenvalue weighted by Gasteiger charge is 2.51. The maximum absolute atomic E-state index is 12.0. The number of fused-ring (bicyclic) bond motifs is 2. The standard InChI is InChI=1S/C12H22N2O2/c1-11(2,3)16-10(15)14-8-12(7-13)5-4-9(14)6-12/h9H,4-8,13H2,1-3H3. The third kappa shape index (κ3) is 2.03. The van der Waals surface area contributed by atoms with Crippen molar-refractivity contribution in [3.05, 3.63) is 0 Å². The molecule has 4 heteroatoms. The lowest BCUT2D eigenvalue weighted by Crippen LogP contribution is -2.44. The molecular weight excluding hydrogens is 204 g/mol. The molecule has 2 rings (SSSR count). The summed E-state index contributed by atoms with van der Waals surface area (Å²) in [6.07, 6.45) is 3.12. The molecule has 0 aromatic carbocycles. The summed E-state index contributed by atoms with van der Waals surface area (Å²) in [5.74, 6) is 0. The number of carbonyl (C=O) groups is 1. The maximum atomic E-state index is 12.0. The van der Waals surface area contributed by atoms with Crippen LogP contribution in [0.2, 0.25) is 0 Å². The number of piperidine rings is 1. The van der Waals surface area contributed by atoms with Crippen molar-refractivity contribution in [2.24, 2.45) is 11.1 Å². The van der Waals surface area contributed by atoms with Crippen LogP contribution in [-0.4, -0.2) is 35.7 Å². The molecule has 0 aromatic heterocycles. The maximum Gasteiger partial charge on any atom is 0.410 e. The molecule has 2 fully saturated rings. The third-order valence-corrected chi connectivity index (χ3v) is 3.68. The summed E-state index contributed by atoms with van der Waals surface area (Å²) in [7, 11) is 0. The molecule has 2 aliphatic rings. The fraction of sp³-hybridized carbons (Fsp3) is 0.917. The van der Waals surface area contributed by atoms with Crippen molar-refractivity contribution < 1.29 is 9.53 Å². The molecule has 92 valence electrons. The van der Waals surface area contributed by atoms with Crippen molar-refractivity contribution in [1.29, 1.82) is 0 Å². The molecule has 2 unspecified atom stereocenters. The Bertz CT molecular complexity index is 298. The fourth-order valence-corrected chi connectivity index (χ4v) is 2.86. The van der Waals surface area contributed by atoms with E-state index in [1.165, 1.54) is 0 Å². The lowest BCUT2D eigenvalue weighted by molar-refractivity contribution is 0.0162. The van der Waals surface area contributed by atoms with Crippen molar-refractivity contribution in [2.45, 2.75) is 51.7 Å². The lowest BCUT2D eigenvalue weighted by Gasteiger charge is -2.33. The largest absolute Gasteiger partial charge is 0.444 e. The summed E-state index contributed by atoms with van der Waals surface area (Å²) in [6, 6.07) is 0.360. The summed E-state index contributed by atoms with van der Waals surface area (Å²) in [5, 5.41) is 0. The number of rotatable bonds is 1. The Labute approximate surface area is 97.1 Å². The van der Waals surface area contributed by atoms with E-state index in [0.717, 1.165) is 25.8 Å². The molecule has 1 saturated heterocycles. The van der Waals surface area contributed by atoms with Gasteiger partial charge in [0, 0.05) is 18.0 Å². The van der Waals surface area contributed by atoms with Gasteiger partial charge in [-0.3, -0.25) is 0 Å². The van der Waals surface area contributed by atoms with E-state index in [9.17, 15) is 4.79 Å². The molecule has 1 aliphatic carbocycles. The quantitative estimate of drug-likeness (QED) is 0.741. The van der Waals surface area contributed by atoms with E-state index in [0.29, 0.717) is 12.6 Å². The molecule has 4 nitrogen and oxygen atoms in total. The first-order valence-corrected chi connectivity index (χ1v) is 6.05. The average molecular weight is 226 g/mol. The molecule has 0 radical (unpaired) electrons. The molecule has 1 aliphatic heterocycles. The number of likely N-dealkylation sites (tertiary alicyclic amines) is 1. The van der Waals surface area contributed by atoms with Gasteiger partial charge in [0.1, 0.15) is 5.60 Å². The molecular formula is C12H22N2O2. The van der Waals surface area contributed by atoms with E-state index in [-0.39, 0.29) is 11.5 Å². The first-order valence-electron chi connectivity index (χ1n) is 6.05. The van der Waals surface area contributed by atoms with E-state index < -0.39 is 5.60 Å². The van der Waals surface area contributed by atoms with Crippen LogP contribution in [0, 0.1) is 5.41 Å². The van der Waals surface area contributed by atoms with Crippen LogP contribution in [0.1, 0.15) is 40.0 Å². The molecule has 1 amide bonds. The fourth-order valence-electron chi connectivity index (χ4n) is 2.86. The Morgan fingerprint density at radius 1 is 1.56 bits per heavy atom. The molecule has 2 atom stereocenters. The average Bonchev–Trinajstić information content (AvgIpc) is 2.72. The molecule has 0 spiro atoms.